The largest absolute Gasteiger partial charge is 0.481 e. The van der Waals surface area contributed by atoms with Gasteiger partial charge in [0, 0.05) is 30.5 Å². The van der Waals surface area contributed by atoms with Crippen molar-refractivity contribution in [3.8, 4) is 0 Å². The maximum atomic E-state index is 11.4. The second-order valence-electron chi connectivity index (χ2n) is 6.94. The van der Waals surface area contributed by atoms with Crippen LogP contribution >= 0.6 is 0 Å². The zero-order valence-corrected chi connectivity index (χ0v) is 16.5. The van der Waals surface area contributed by atoms with E-state index in [9.17, 15) is 9.90 Å². The molecule has 0 bridgehead atoms. The van der Waals surface area contributed by atoms with E-state index in [1.165, 1.54) is 0 Å². The molecule has 3 rings (SSSR count). The normalized spacial score (nSPS) is 11.8. The molecule has 3 aromatic rings. The molecule has 3 N–H and O–H groups in total. The van der Waals surface area contributed by atoms with Gasteiger partial charge in [-0.3, -0.25) is 4.79 Å². The summed E-state index contributed by atoms with van der Waals surface area (Å²) < 4.78 is 0. The first kappa shape index (κ1) is 20.5. The van der Waals surface area contributed by atoms with Crippen molar-refractivity contribution in [2.24, 2.45) is 11.7 Å². The third kappa shape index (κ3) is 5.39. The number of nitrogens with two attached hydrogens (primary N) is 1. The quantitative estimate of drug-likeness (QED) is 0.575. The SMILES string of the molecule is CCC(Cc1ccnc(N(Cc2ccccc2)c2ccc(CN)cc2)n1)C(=O)O. The predicted molar refractivity (Wildman–Crippen MR) is 114 cm³/mol. The molecule has 6 heteroatoms. The Morgan fingerprint density at radius 3 is 2.41 bits per heavy atom. The molecule has 1 unspecified atom stereocenters. The lowest BCUT2D eigenvalue weighted by atomic mass is 10.0. The molecule has 150 valence electrons. The van der Waals surface area contributed by atoms with Gasteiger partial charge in [-0.1, -0.05) is 49.4 Å². The Bertz CT molecular complexity index is 929. The minimum absolute atomic E-state index is 0.382. The van der Waals surface area contributed by atoms with Crippen molar-refractivity contribution in [2.45, 2.75) is 32.9 Å². The van der Waals surface area contributed by atoms with Crippen LogP contribution in [-0.4, -0.2) is 21.0 Å². The molecule has 0 radical (unpaired) electrons. The molecule has 29 heavy (non-hydrogen) atoms. The Kier molecular flexibility index (Phi) is 6.92. The van der Waals surface area contributed by atoms with Crippen molar-refractivity contribution in [2.75, 3.05) is 4.90 Å². The van der Waals surface area contributed by atoms with E-state index in [1.54, 1.807) is 12.3 Å². The van der Waals surface area contributed by atoms with Crippen LogP contribution in [0.15, 0.2) is 66.9 Å². The van der Waals surface area contributed by atoms with Gasteiger partial charge >= 0.3 is 5.97 Å². The standard InChI is InChI=1S/C23H26N4O2/c1-2-19(22(28)29)14-20-12-13-25-23(26-20)27(16-18-6-4-3-5-7-18)21-10-8-17(15-24)9-11-21/h3-13,19H,2,14-16,24H2,1H3,(H,28,29). The summed E-state index contributed by atoms with van der Waals surface area (Å²) in [5.74, 6) is -0.706. The van der Waals surface area contributed by atoms with E-state index >= 15 is 0 Å². The second kappa shape index (κ2) is 9.80. The Balaban J connectivity index is 1.94. The molecule has 2 aromatic carbocycles. The Labute approximate surface area is 171 Å². The number of hydrogen-bond donors (Lipinski definition) is 2. The molecule has 1 atom stereocenters. The molecule has 1 aromatic heterocycles. The van der Waals surface area contributed by atoms with Gasteiger partial charge < -0.3 is 15.7 Å². The van der Waals surface area contributed by atoms with Crippen LogP contribution in [0.4, 0.5) is 11.6 Å². The van der Waals surface area contributed by atoms with E-state index in [0.717, 1.165) is 22.5 Å². The van der Waals surface area contributed by atoms with Crippen LogP contribution in [0.2, 0.25) is 0 Å². The summed E-state index contributed by atoms with van der Waals surface area (Å²) >= 11 is 0. The first-order valence-corrected chi connectivity index (χ1v) is 9.76. The second-order valence-corrected chi connectivity index (χ2v) is 6.94. The van der Waals surface area contributed by atoms with Crippen molar-refractivity contribution in [3.63, 3.8) is 0 Å². The molecule has 0 amide bonds. The maximum Gasteiger partial charge on any atom is 0.306 e. The van der Waals surface area contributed by atoms with Gasteiger partial charge in [0.15, 0.2) is 0 Å². The van der Waals surface area contributed by atoms with Crippen molar-refractivity contribution >= 4 is 17.6 Å². The topological polar surface area (TPSA) is 92.3 Å². The van der Waals surface area contributed by atoms with E-state index in [4.69, 9.17) is 5.73 Å². The van der Waals surface area contributed by atoms with Crippen LogP contribution in [0.3, 0.4) is 0 Å². The number of benzene rings is 2. The number of anilines is 2. The number of hydrogen-bond acceptors (Lipinski definition) is 5. The number of carboxylic acids is 1. The van der Waals surface area contributed by atoms with Crippen LogP contribution in [0.1, 0.15) is 30.2 Å². The number of nitrogens with zero attached hydrogens (tertiary/aromatic N) is 3. The highest BCUT2D eigenvalue weighted by atomic mass is 16.4. The molecule has 0 saturated heterocycles. The number of carboxylic acid groups (broad SMARTS) is 1. The average Bonchev–Trinajstić information content (AvgIpc) is 2.76. The summed E-state index contributed by atoms with van der Waals surface area (Å²) in [5.41, 5.74) is 9.58. The summed E-state index contributed by atoms with van der Waals surface area (Å²) in [6.45, 7) is 2.96. The molecule has 6 nitrogen and oxygen atoms in total. The molecule has 0 aliphatic heterocycles. The van der Waals surface area contributed by atoms with Crippen molar-refractivity contribution in [1.29, 1.82) is 0 Å². The Morgan fingerprint density at radius 2 is 1.79 bits per heavy atom. The highest BCUT2D eigenvalue weighted by molar-refractivity contribution is 5.70. The molecule has 0 aliphatic carbocycles. The number of rotatable bonds is 9. The first-order valence-electron chi connectivity index (χ1n) is 9.76. The van der Waals surface area contributed by atoms with E-state index in [2.05, 4.69) is 22.1 Å². The van der Waals surface area contributed by atoms with Gasteiger partial charge in [0.05, 0.1) is 12.5 Å². The molecule has 0 aliphatic rings. The van der Waals surface area contributed by atoms with Crippen LogP contribution in [0, 0.1) is 5.92 Å². The molecule has 1 heterocycles. The smallest absolute Gasteiger partial charge is 0.306 e. The number of carbonyl (C=O) groups is 1. The van der Waals surface area contributed by atoms with Crippen LogP contribution < -0.4 is 10.6 Å². The molecular formula is C23H26N4O2. The number of aromatic nitrogens is 2. The van der Waals surface area contributed by atoms with E-state index in [1.807, 2.05) is 54.3 Å². The third-order valence-electron chi connectivity index (χ3n) is 4.91. The number of aliphatic carboxylic acids is 1. The van der Waals surface area contributed by atoms with Crippen molar-refractivity contribution < 1.29 is 9.90 Å². The van der Waals surface area contributed by atoms with Gasteiger partial charge in [-0.05, 0) is 35.7 Å². The van der Waals surface area contributed by atoms with Gasteiger partial charge in [-0.25, -0.2) is 9.97 Å². The van der Waals surface area contributed by atoms with Gasteiger partial charge in [0.1, 0.15) is 0 Å². The monoisotopic (exact) mass is 390 g/mol. The van der Waals surface area contributed by atoms with Crippen LogP contribution in [-0.2, 0) is 24.3 Å². The fourth-order valence-corrected chi connectivity index (χ4v) is 3.14. The van der Waals surface area contributed by atoms with Crippen molar-refractivity contribution in [1.82, 2.24) is 9.97 Å². The summed E-state index contributed by atoms with van der Waals surface area (Å²) in [7, 11) is 0. The summed E-state index contributed by atoms with van der Waals surface area (Å²) in [6.07, 6.45) is 2.63. The van der Waals surface area contributed by atoms with Crippen LogP contribution in [0.25, 0.3) is 0 Å². The minimum atomic E-state index is -0.800. The zero-order chi connectivity index (χ0) is 20.6. The highest BCUT2D eigenvalue weighted by Gasteiger charge is 2.18. The van der Waals surface area contributed by atoms with Crippen molar-refractivity contribution in [3.05, 3.63) is 83.7 Å². The molecule has 0 fully saturated rings. The maximum absolute atomic E-state index is 11.4. The van der Waals surface area contributed by atoms with Gasteiger partial charge in [-0.15, -0.1) is 0 Å². The molecule has 0 saturated carbocycles. The lowest BCUT2D eigenvalue weighted by molar-refractivity contribution is -0.141. The summed E-state index contributed by atoms with van der Waals surface area (Å²) in [5, 5.41) is 9.37. The predicted octanol–water partition coefficient (Wildman–Crippen LogP) is 3.93. The van der Waals surface area contributed by atoms with Crippen LogP contribution in [0.5, 0.6) is 0 Å². The Hall–Kier alpha value is -3.25. The highest BCUT2D eigenvalue weighted by Crippen LogP contribution is 2.25. The van der Waals surface area contributed by atoms with Gasteiger partial charge in [0.2, 0.25) is 5.95 Å². The van der Waals surface area contributed by atoms with E-state index in [0.29, 0.717) is 31.9 Å². The zero-order valence-electron chi connectivity index (χ0n) is 16.5. The third-order valence-corrected chi connectivity index (χ3v) is 4.91. The van der Waals surface area contributed by atoms with E-state index < -0.39 is 11.9 Å². The average molecular weight is 390 g/mol. The fraction of sp³-hybridized carbons (Fsp3) is 0.261. The lowest BCUT2D eigenvalue weighted by Gasteiger charge is -2.24. The summed E-state index contributed by atoms with van der Waals surface area (Å²) in [4.78, 5) is 22.6. The fourth-order valence-electron chi connectivity index (χ4n) is 3.14. The summed E-state index contributed by atoms with van der Waals surface area (Å²) in [6, 6.07) is 19.9. The minimum Gasteiger partial charge on any atom is -0.481 e. The van der Waals surface area contributed by atoms with E-state index in [-0.39, 0.29) is 0 Å². The van der Waals surface area contributed by atoms with Gasteiger partial charge in [-0.2, -0.15) is 0 Å². The molecular weight excluding hydrogens is 364 g/mol. The Morgan fingerprint density at radius 1 is 1.07 bits per heavy atom. The molecule has 0 spiro atoms. The van der Waals surface area contributed by atoms with Gasteiger partial charge in [0.25, 0.3) is 0 Å². The lowest BCUT2D eigenvalue weighted by Crippen LogP contribution is -2.21. The first-order chi connectivity index (χ1) is 14.1.